The summed E-state index contributed by atoms with van der Waals surface area (Å²) in [6.45, 7) is 3.74. The van der Waals surface area contributed by atoms with Gasteiger partial charge >= 0.3 is 0 Å². The smallest absolute Gasteiger partial charge is 0.248 e. The van der Waals surface area contributed by atoms with Gasteiger partial charge in [-0.05, 0) is 44.2 Å². The quantitative estimate of drug-likeness (QED) is 0.360. The maximum absolute atomic E-state index is 11.4. The highest BCUT2D eigenvalue weighted by molar-refractivity contribution is 7.89. The van der Waals surface area contributed by atoms with E-state index in [1.54, 1.807) is 12.1 Å². The Balaban J connectivity index is 1.57. The highest BCUT2D eigenvalue weighted by atomic mass is 32.2. The van der Waals surface area contributed by atoms with Gasteiger partial charge in [0, 0.05) is 23.8 Å². The summed E-state index contributed by atoms with van der Waals surface area (Å²) < 4.78 is 24.2. The largest absolute Gasteiger partial charge is 0.368 e. The van der Waals surface area contributed by atoms with Crippen molar-refractivity contribution in [2.24, 2.45) is 5.14 Å². The summed E-state index contributed by atoms with van der Waals surface area (Å²) in [4.78, 5) is 12.9. The molecule has 1 unspecified atom stereocenters. The topological polar surface area (TPSA) is 179 Å². The first-order valence-corrected chi connectivity index (χ1v) is 10.8. The molecule has 1 aromatic carbocycles. The van der Waals surface area contributed by atoms with Crippen molar-refractivity contribution in [2.75, 3.05) is 29.5 Å². The molecule has 2 aromatic heterocycles. The molecule has 1 aliphatic heterocycles. The summed E-state index contributed by atoms with van der Waals surface area (Å²) >= 11 is 0. The van der Waals surface area contributed by atoms with Crippen LogP contribution in [-0.2, 0) is 10.0 Å². The molecule has 0 bridgehead atoms. The highest BCUT2D eigenvalue weighted by Crippen LogP contribution is 2.23. The second kappa shape index (κ2) is 7.85. The number of sulfonamides is 1. The van der Waals surface area contributed by atoms with Crippen molar-refractivity contribution in [2.45, 2.75) is 24.3 Å². The Bertz CT molecular complexity index is 1150. The van der Waals surface area contributed by atoms with E-state index in [0.29, 0.717) is 17.5 Å². The standard InChI is InChI=1S/C17H22N10O2S/c1-10-14(23-12-6-7-20-8-12)21-9-22-15(10)27-16(18)25-17(26-27)24-11-2-4-13(5-3-11)30(19,28)29/h2-5,9,12,20H,6-8H2,1H3,(H2,19,28,29)(H,21,22,23)(H3,18,24,25,26). The fourth-order valence-electron chi connectivity index (χ4n) is 3.16. The van der Waals surface area contributed by atoms with Crippen molar-refractivity contribution >= 4 is 33.4 Å². The molecule has 1 fully saturated rings. The summed E-state index contributed by atoms with van der Waals surface area (Å²) in [5.41, 5.74) is 7.43. The van der Waals surface area contributed by atoms with Crippen molar-refractivity contribution in [3.63, 3.8) is 0 Å². The predicted octanol–water partition coefficient (Wildman–Crippen LogP) is 0.113. The Kier molecular flexibility index (Phi) is 5.24. The van der Waals surface area contributed by atoms with Gasteiger partial charge in [0.05, 0.1) is 4.90 Å². The van der Waals surface area contributed by atoms with E-state index >= 15 is 0 Å². The minimum atomic E-state index is -3.76. The van der Waals surface area contributed by atoms with Crippen LogP contribution >= 0.6 is 0 Å². The number of nitrogens with one attached hydrogen (secondary N) is 3. The van der Waals surface area contributed by atoms with Crippen LogP contribution in [0.1, 0.15) is 12.0 Å². The minimum absolute atomic E-state index is 0.0140. The van der Waals surface area contributed by atoms with Crippen LogP contribution in [0.2, 0.25) is 0 Å². The lowest BCUT2D eigenvalue weighted by Gasteiger charge is -2.15. The van der Waals surface area contributed by atoms with E-state index in [1.165, 1.54) is 23.1 Å². The zero-order valence-corrected chi connectivity index (χ0v) is 17.0. The third kappa shape index (κ3) is 4.17. The molecule has 0 radical (unpaired) electrons. The van der Waals surface area contributed by atoms with Gasteiger partial charge in [-0.15, -0.1) is 5.10 Å². The molecular formula is C17H22N10O2S. The van der Waals surface area contributed by atoms with E-state index in [0.717, 1.165) is 30.9 Å². The van der Waals surface area contributed by atoms with Gasteiger partial charge in [0.15, 0.2) is 5.82 Å². The maximum atomic E-state index is 11.4. The maximum Gasteiger partial charge on any atom is 0.248 e. The summed E-state index contributed by atoms with van der Waals surface area (Å²) in [7, 11) is -3.76. The Morgan fingerprint density at radius 3 is 2.67 bits per heavy atom. The second-order valence-corrected chi connectivity index (χ2v) is 8.47. The van der Waals surface area contributed by atoms with Crippen LogP contribution in [0.3, 0.4) is 0 Å². The van der Waals surface area contributed by atoms with Crippen LogP contribution < -0.4 is 26.8 Å². The third-order valence-electron chi connectivity index (χ3n) is 4.73. The lowest BCUT2D eigenvalue weighted by atomic mass is 10.2. The van der Waals surface area contributed by atoms with Gasteiger partial charge in [-0.25, -0.2) is 23.5 Å². The molecule has 3 heterocycles. The van der Waals surface area contributed by atoms with Crippen molar-refractivity contribution < 1.29 is 8.42 Å². The number of nitrogens with two attached hydrogens (primary N) is 2. The minimum Gasteiger partial charge on any atom is -0.368 e. The molecule has 1 saturated heterocycles. The number of nitrogens with zero attached hydrogens (tertiary/aromatic N) is 5. The molecule has 0 saturated carbocycles. The summed E-state index contributed by atoms with van der Waals surface area (Å²) in [5, 5.41) is 19.2. The Morgan fingerprint density at radius 2 is 2.00 bits per heavy atom. The number of hydrogen-bond donors (Lipinski definition) is 5. The number of rotatable bonds is 6. The molecule has 0 aliphatic carbocycles. The number of hydrogen-bond acceptors (Lipinski definition) is 10. The fourth-order valence-corrected chi connectivity index (χ4v) is 3.68. The molecule has 13 heteroatoms. The average molecular weight is 430 g/mol. The van der Waals surface area contributed by atoms with Crippen LogP contribution in [0.25, 0.3) is 5.82 Å². The number of primary sulfonamides is 1. The van der Waals surface area contributed by atoms with Crippen LogP contribution in [0.15, 0.2) is 35.5 Å². The molecule has 4 rings (SSSR count). The van der Waals surface area contributed by atoms with Gasteiger partial charge < -0.3 is 21.7 Å². The number of aromatic nitrogens is 5. The van der Waals surface area contributed by atoms with Gasteiger partial charge in [-0.1, -0.05) is 0 Å². The Morgan fingerprint density at radius 1 is 1.23 bits per heavy atom. The molecule has 3 aromatic rings. The van der Waals surface area contributed by atoms with Crippen molar-refractivity contribution in [1.29, 1.82) is 0 Å². The number of anilines is 4. The molecule has 1 atom stereocenters. The Labute approximate surface area is 173 Å². The molecule has 7 N–H and O–H groups in total. The SMILES string of the molecule is Cc1c(NC2CCNC2)ncnc1-n1nc(Nc2ccc(S(N)(=O)=O)cc2)nc1N. The fraction of sp³-hybridized carbons (Fsp3) is 0.294. The first-order valence-electron chi connectivity index (χ1n) is 9.23. The van der Waals surface area contributed by atoms with Crippen LogP contribution in [0.4, 0.5) is 23.4 Å². The summed E-state index contributed by atoms with van der Waals surface area (Å²) in [5.74, 6) is 1.62. The summed E-state index contributed by atoms with van der Waals surface area (Å²) in [6, 6.07) is 6.20. The van der Waals surface area contributed by atoms with Crippen molar-refractivity contribution in [3.8, 4) is 5.82 Å². The lowest BCUT2D eigenvalue weighted by molar-refractivity contribution is 0.598. The number of nitrogen functional groups attached to an aromatic ring is 1. The lowest BCUT2D eigenvalue weighted by Crippen LogP contribution is -2.23. The van der Waals surface area contributed by atoms with E-state index < -0.39 is 10.0 Å². The van der Waals surface area contributed by atoms with Gasteiger partial charge in [0.25, 0.3) is 0 Å². The molecular weight excluding hydrogens is 408 g/mol. The Hall–Kier alpha value is -3.29. The number of benzene rings is 1. The summed E-state index contributed by atoms with van der Waals surface area (Å²) in [6.07, 6.45) is 2.47. The average Bonchev–Trinajstić information content (AvgIpc) is 3.33. The molecule has 0 amide bonds. The van der Waals surface area contributed by atoms with E-state index in [-0.39, 0.29) is 16.8 Å². The van der Waals surface area contributed by atoms with Crippen LogP contribution in [0, 0.1) is 6.92 Å². The molecule has 0 spiro atoms. The zero-order chi connectivity index (χ0) is 21.3. The van der Waals surface area contributed by atoms with Crippen molar-refractivity contribution in [1.82, 2.24) is 30.0 Å². The van der Waals surface area contributed by atoms with Gasteiger partial charge in [0.1, 0.15) is 12.1 Å². The highest BCUT2D eigenvalue weighted by Gasteiger charge is 2.19. The van der Waals surface area contributed by atoms with E-state index in [4.69, 9.17) is 10.9 Å². The molecule has 158 valence electrons. The monoisotopic (exact) mass is 430 g/mol. The first-order chi connectivity index (χ1) is 14.3. The predicted molar refractivity (Wildman–Crippen MR) is 112 cm³/mol. The van der Waals surface area contributed by atoms with Gasteiger partial charge in [-0.3, -0.25) is 0 Å². The van der Waals surface area contributed by atoms with Crippen LogP contribution in [-0.4, -0.2) is 52.3 Å². The van der Waals surface area contributed by atoms with Gasteiger partial charge in [-0.2, -0.15) is 9.67 Å². The first kappa shape index (κ1) is 20.0. The van der Waals surface area contributed by atoms with E-state index in [1.807, 2.05) is 6.92 Å². The molecule has 1 aliphatic rings. The van der Waals surface area contributed by atoms with Crippen molar-refractivity contribution in [3.05, 3.63) is 36.2 Å². The molecule has 12 nitrogen and oxygen atoms in total. The zero-order valence-electron chi connectivity index (χ0n) is 16.2. The third-order valence-corrected chi connectivity index (χ3v) is 5.66. The van der Waals surface area contributed by atoms with Gasteiger partial charge in [0.2, 0.25) is 21.9 Å². The normalized spacial score (nSPS) is 16.5. The van der Waals surface area contributed by atoms with E-state index in [2.05, 4.69) is 36.0 Å². The van der Waals surface area contributed by atoms with E-state index in [9.17, 15) is 8.42 Å². The second-order valence-electron chi connectivity index (χ2n) is 6.90. The van der Waals surface area contributed by atoms with Crippen LogP contribution in [0.5, 0.6) is 0 Å². The molecule has 30 heavy (non-hydrogen) atoms.